The van der Waals surface area contributed by atoms with E-state index in [4.69, 9.17) is 16.3 Å². The number of rotatable bonds is 8. The van der Waals surface area contributed by atoms with Gasteiger partial charge in [0.2, 0.25) is 0 Å². The van der Waals surface area contributed by atoms with Crippen molar-refractivity contribution in [3.8, 4) is 0 Å². The molecule has 0 spiro atoms. The highest BCUT2D eigenvalue weighted by Crippen LogP contribution is 2.21. The van der Waals surface area contributed by atoms with Gasteiger partial charge in [0.05, 0.1) is 11.6 Å². The van der Waals surface area contributed by atoms with Crippen molar-refractivity contribution in [3.05, 3.63) is 34.6 Å². The Balaban J connectivity index is 2.65. The largest absolute Gasteiger partial charge is 0.380 e. The van der Waals surface area contributed by atoms with Crippen LogP contribution in [0.1, 0.15) is 25.8 Å². The van der Waals surface area contributed by atoms with Gasteiger partial charge in [0.25, 0.3) is 0 Å². The van der Waals surface area contributed by atoms with Crippen LogP contribution >= 0.6 is 11.6 Å². The Morgan fingerprint density at radius 1 is 1.39 bits per heavy atom. The lowest BCUT2D eigenvalue weighted by Crippen LogP contribution is -2.36. The van der Waals surface area contributed by atoms with Crippen molar-refractivity contribution in [1.82, 2.24) is 5.32 Å². The summed E-state index contributed by atoms with van der Waals surface area (Å²) in [6.07, 6.45) is 1.73. The van der Waals surface area contributed by atoms with Crippen LogP contribution in [0.5, 0.6) is 0 Å². The summed E-state index contributed by atoms with van der Waals surface area (Å²) in [7, 11) is 0. The smallest absolute Gasteiger partial charge is 0.142 e. The Labute approximate surface area is 113 Å². The first-order valence-corrected chi connectivity index (χ1v) is 6.80. The first-order chi connectivity index (χ1) is 8.69. The molecule has 0 radical (unpaired) electrons. The molecule has 0 aromatic heterocycles. The second kappa shape index (κ2) is 8.46. The van der Waals surface area contributed by atoms with Crippen LogP contribution in [0.3, 0.4) is 0 Å². The molecule has 0 heterocycles. The highest BCUT2D eigenvalue weighted by Gasteiger charge is 2.13. The zero-order valence-electron chi connectivity index (χ0n) is 11.0. The predicted octanol–water partition coefficient (Wildman–Crippen LogP) is 3.43. The second-order valence-corrected chi connectivity index (χ2v) is 4.61. The van der Waals surface area contributed by atoms with Crippen LogP contribution in [-0.4, -0.2) is 25.8 Å². The third kappa shape index (κ3) is 4.92. The van der Waals surface area contributed by atoms with Gasteiger partial charge in [0, 0.05) is 12.6 Å². The Morgan fingerprint density at radius 2 is 2.17 bits per heavy atom. The summed E-state index contributed by atoms with van der Waals surface area (Å²) in [5.74, 6) is -0.361. The van der Waals surface area contributed by atoms with Gasteiger partial charge in [-0.3, -0.25) is 0 Å². The maximum atomic E-state index is 13.4. The van der Waals surface area contributed by atoms with Crippen molar-refractivity contribution in [2.24, 2.45) is 0 Å². The molecule has 0 saturated heterocycles. The van der Waals surface area contributed by atoms with Gasteiger partial charge in [0.15, 0.2) is 0 Å². The van der Waals surface area contributed by atoms with Gasteiger partial charge in [-0.25, -0.2) is 4.39 Å². The van der Waals surface area contributed by atoms with Crippen molar-refractivity contribution in [3.63, 3.8) is 0 Å². The lowest BCUT2D eigenvalue weighted by atomic mass is 10.1. The third-order valence-corrected chi connectivity index (χ3v) is 3.13. The second-order valence-electron chi connectivity index (χ2n) is 4.23. The third-order valence-electron chi connectivity index (χ3n) is 2.70. The fourth-order valence-corrected chi connectivity index (χ4v) is 1.97. The first kappa shape index (κ1) is 15.4. The number of benzene rings is 1. The normalized spacial score (nSPS) is 12.7. The Hall–Kier alpha value is -0.640. The molecule has 0 aliphatic carbocycles. The SMILES string of the molecule is CCCNC(COCC)Cc1cccc(F)c1Cl. The molecule has 0 amide bonds. The van der Waals surface area contributed by atoms with E-state index in [1.54, 1.807) is 6.07 Å². The maximum Gasteiger partial charge on any atom is 0.142 e. The molecule has 1 rings (SSSR count). The fraction of sp³-hybridized carbons (Fsp3) is 0.571. The lowest BCUT2D eigenvalue weighted by Gasteiger charge is -2.19. The van der Waals surface area contributed by atoms with Crippen molar-refractivity contribution < 1.29 is 9.13 Å². The van der Waals surface area contributed by atoms with E-state index in [-0.39, 0.29) is 16.9 Å². The standard InChI is InChI=1S/C14H21ClFNO/c1-3-8-17-12(10-18-4-2)9-11-6-5-7-13(16)14(11)15/h5-7,12,17H,3-4,8-10H2,1-2H3. The van der Waals surface area contributed by atoms with E-state index < -0.39 is 0 Å². The summed E-state index contributed by atoms with van der Waals surface area (Å²) < 4.78 is 18.8. The molecule has 102 valence electrons. The molecular formula is C14H21ClFNO. The minimum atomic E-state index is -0.361. The molecule has 4 heteroatoms. The molecule has 1 aromatic carbocycles. The van der Waals surface area contributed by atoms with Gasteiger partial charge in [-0.1, -0.05) is 30.7 Å². The Kier molecular flexibility index (Phi) is 7.25. The molecule has 0 saturated carbocycles. The molecule has 1 unspecified atom stereocenters. The van der Waals surface area contributed by atoms with E-state index >= 15 is 0 Å². The van der Waals surface area contributed by atoms with Crippen LogP contribution in [0.25, 0.3) is 0 Å². The molecule has 0 fully saturated rings. The van der Waals surface area contributed by atoms with Crippen LogP contribution in [0.15, 0.2) is 18.2 Å². The summed E-state index contributed by atoms with van der Waals surface area (Å²) in [5, 5.41) is 3.61. The number of halogens is 2. The highest BCUT2D eigenvalue weighted by molar-refractivity contribution is 6.31. The molecule has 0 bridgehead atoms. The van der Waals surface area contributed by atoms with E-state index in [0.29, 0.717) is 19.6 Å². The zero-order chi connectivity index (χ0) is 13.4. The van der Waals surface area contributed by atoms with Crippen LogP contribution in [0.4, 0.5) is 4.39 Å². The van der Waals surface area contributed by atoms with E-state index in [9.17, 15) is 4.39 Å². The van der Waals surface area contributed by atoms with Crippen molar-refractivity contribution in [2.75, 3.05) is 19.8 Å². The van der Waals surface area contributed by atoms with Crippen LogP contribution in [0.2, 0.25) is 5.02 Å². The summed E-state index contributed by atoms with van der Waals surface area (Å²) >= 11 is 5.96. The molecule has 1 atom stereocenters. The van der Waals surface area contributed by atoms with Crippen LogP contribution in [-0.2, 0) is 11.2 Å². The Morgan fingerprint density at radius 3 is 2.83 bits per heavy atom. The molecule has 18 heavy (non-hydrogen) atoms. The minimum Gasteiger partial charge on any atom is -0.380 e. The molecule has 0 aliphatic rings. The number of nitrogens with one attached hydrogen (secondary N) is 1. The van der Waals surface area contributed by atoms with Crippen molar-refractivity contribution in [1.29, 1.82) is 0 Å². The highest BCUT2D eigenvalue weighted by atomic mass is 35.5. The molecule has 1 aromatic rings. The number of hydrogen-bond donors (Lipinski definition) is 1. The number of hydrogen-bond acceptors (Lipinski definition) is 2. The lowest BCUT2D eigenvalue weighted by molar-refractivity contribution is 0.122. The zero-order valence-corrected chi connectivity index (χ0v) is 11.8. The topological polar surface area (TPSA) is 21.3 Å². The summed E-state index contributed by atoms with van der Waals surface area (Å²) in [4.78, 5) is 0. The van der Waals surface area contributed by atoms with Gasteiger partial charge < -0.3 is 10.1 Å². The average molecular weight is 274 g/mol. The van der Waals surface area contributed by atoms with E-state index in [0.717, 1.165) is 18.5 Å². The summed E-state index contributed by atoms with van der Waals surface area (Å²) in [5.41, 5.74) is 0.824. The minimum absolute atomic E-state index is 0.171. The average Bonchev–Trinajstić information content (AvgIpc) is 2.38. The van der Waals surface area contributed by atoms with Gasteiger partial charge >= 0.3 is 0 Å². The predicted molar refractivity (Wildman–Crippen MR) is 73.7 cm³/mol. The fourth-order valence-electron chi connectivity index (χ4n) is 1.77. The summed E-state index contributed by atoms with van der Waals surface area (Å²) in [6, 6.07) is 5.10. The van der Waals surface area contributed by atoms with Gasteiger partial charge in [-0.2, -0.15) is 0 Å². The molecule has 0 aliphatic heterocycles. The van der Waals surface area contributed by atoms with E-state index in [1.807, 2.05) is 13.0 Å². The molecular weight excluding hydrogens is 253 g/mol. The summed E-state index contributed by atoms with van der Waals surface area (Å²) in [6.45, 7) is 6.29. The molecule has 2 nitrogen and oxygen atoms in total. The van der Waals surface area contributed by atoms with Crippen LogP contribution < -0.4 is 5.32 Å². The number of ether oxygens (including phenoxy) is 1. The van der Waals surface area contributed by atoms with Gasteiger partial charge in [-0.15, -0.1) is 0 Å². The van der Waals surface area contributed by atoms with E-state index in [1.165, 1.54) is 6.07 Å². The van der Waals surface area contributed by atoms with E-state index in [2.05, 4.69) is 12.2 Å². The van der Waals surface area contributed by atoms with Gasteiger partial charge in [0.1, 0.15) is 5.82 Å². The Bertz CT molecular complexity index is 352. The molecule has 1 N–H and O–H groups in total. The van der Waals surface area contributed by atoms with Crippen LogP contribution in [0, 0.1) is 5.82 Å². The monoisotopic (exact) mass is 273 g/mol. The van der Waals surface area contributed by atoms with Crippen molar-refractivity contribution >= 4 is 11.6 Å². The quantitative estimate of drug-likeness (QED) is 0.784. The van der Waals surface area contributed by atoms with Gasteiger partial charge in [-0.05, 0) is 37.9 Å². The first-order valence-electron chi connectivity index (χ1n) is 6.43. The van der Waals surface area contributed by atoms with Crippen molar-refractivity contribution in [2.45, 2.75) is 32.7 Å². The maximum absolute atomic E-state index is 13.4.